The second-order valence-corrected chi connectivity index (χ2v) is 5.06. The molecule has 0 radical (unpaired) electrons. The van der Waals surface area contributed by atoms with E-state index in [0.717, 1.165) is 25.3 Å². The molecule has 0 saturated carbocycles. The second kappa shape index (κ2) is 7.22. The SMILES string of the molecule is OCCCc1cccc(NCC2CC=CCC2)c1. The zero-order chi connectivity index (χ0) is 12.6. The van der Waals surface area contributed by atoms with Crippen LogP contribution in [0.25, 0.3) is 0 Å². The Balaban J connectivity index is 1.82. The molecular weight excluding hydrogens is 222 g/mol. The van der Waals surface area contributed by atoms with Gasteiger partial charge in [-0.1, -0.05) is 24.3 Å². The van der Waals surface area contributed by atoms with Crippen molar-refractivity contribution in [3.8, 4) is 0 Å². The number of benzene rings is 1. The molecule has 1 aromatic rings. The number of hydrogen-bond acceptors (Lipinski definition) is 2. The van der Waals surface area contributed by atoms with Crippen LogP contribution in [0.5, 0.6) is 0 Å². The maximum Gasteiger partial charge on any atom is 0.0434 e. The molecule has 1 aliphatic rings. The summed E-state index contributed by atoms with van der Waals surface area (Å²) < 4.78 is 0. The van der Waals surface area contributed by atoms with Gasteiger partial charge >= 0.3 is 0 Å². The number of rotatable bonds is 6. The molecule has 2 heteroatoms. The first-order valence-corrected chi connectivity index (χ1v) is 6.97. The molecule has 18 heavy (non-hydrogen) atoms. The van der Waals surface area contributed by atoms with Gasteiger partial charge < -0.3 is 10.4 Å². The zero-order valence-corrected chi connectivity index (χ0v) is 10.9. The fourth-order valence-corrected chi connectivity index (χ4v) is 2.42. The minimum atomic E-state index is 0.270. The average molecular weight is 245 g/mol. The topological polar surface area (TPSA) is 32.3 Å². The number of aryl methyl sites for hydroxylation is 1. The highest BCUT2D eigenvalue weighted by molar-refractivity contribution is 5.45. The highest BCUT2D eigenvalue weighted by Gasteiger charge is 2.09. The van der Waals surface area contributed by atoms with E-state index in [9.17, 15) is 0 Å². The fraction of sp³-hybridized carbons (Fsp3) is 0.500. The lowest BCUT2D eigenvalue weighted by Gasteiger charge is -2.19. The third kappa shape index (κ3) is 4.19. The summed E-state index contributed by atoms with van der Waals surface area (Å²) >= 11 is 0. The molecule has 2 nitrogen and oxygen atoms in total. The van der Waals surface area contributed by atoms with E-state index >= 15 is 0 Å². The van der Waals surface area contributed by atoms with Gasteiger partial charge in [0.15, 0.2) is 0 Å². The normalized spacial score (nSPS) is 18.8. The molecule has 2 N–H and O–H groups in total. The molecule has 98 valence electrons. The highest BCUT2D eigenvalue weighted by Crippen LogP contribution is 2.19. The Kier molecular flexibility index (Phi) is 5.28. The number of aliphatic hydroxyl groups is 1. The molecule has 0 bridgehead atoms. The summed E-state index contributed by atoms with van der Waals surface area (Å²) in [6.07, 6.45) is 10.1. The Labute approximate surface area is 110 Å². The third-order valence-corrected chi connectivity index (χ3v) is 3.52. The number of anilines is 1. The first-order valence-electron chi connectivity index (χ1n) is 6.97. The Hall–Kier alpha value is -1.28. The summed E-state index contributed by atoms with van der Waals surface area (Å²) in [5.41, 5.74) is 2.51. The van der Waals surface area contributed by atoms with E-state index in [2.05, 4.69) is 41.7 Å². The van der Waals surface area contributed by atoms with Gasteiger partial charge in [0.05, 0.1) is 0 Å². The molecule has 1 aromatic carbocycles. The van der Waals surface area contributed by atoms with Crippen LogP contribution in [0.2, 0.25) is 0 Å². The molecule has 1 aliphatic carbocycles. The predicted molar refractivity (Wildman–Crippen MR) is 76.8 cm³/mol. The zero-order valence-electron chi connectivity index (χ0n) is 10.9. The Morgan fingerprint density at radius 3 is 3.00 bits per heavy atom. The molecule has 0 saturated heterocycles. The first kappa shape index (κ1) is 13.2. The number of nitrogens with one attached hydrogen (secondary N) is 1. The van der Waals surface area contributed by atoms with E-state index in [1.54, 1.807) is 0 Å². The largest absolute Gasteiger partial charge is 0.396 e. The summed E-state index contributed by atoms with van der Waals surface area (Å²) in [6.45, 7) is 1.33. The van der Waals surface area contributed by atoms with Crippen molar-refractivity contribution in [2.24, 2.45) is 5.92 Å². The van der Waals surface area contributed by atoms with Gasteiger partial charge in [0.1, 0.15) is 0 Å². The van der Waals surface area contributed by atoms with Gasteiger partial charge in [0.25, 0.3) is 0 Å². The molecule has 2 rings (SSSR count). The lowest BCUT2D eigenvalue weighted by atomic mass is 9.94. The van der Waals surface area contributed by atoms with Crippen LogP contribution >= 0.6 is 0 Å². The van der Waals surface area contributed by atoms with Crippen LogP contribution in [-0.4, -0.2) is 18.3 Å². The number of allylic oxidation sites excluding steroid dienone is 2. The molecule has 0 aliphatic heterocycles. The fourth-order valence-electron chi connectivity index (χ4n) is 2.42. The van der Waals surface area contributed by atoms with Crippen molar-refractivity contribution in [3.63, 3.8) is 0 Å². The van der Waals surface area contributed by atoms with E-state index in [1.807, 2.05) is 0 Å². The lowest BCUT2D eigenvalue weighted by Crippen LogP contribution is -2.15. The quantitative estimate of drug-likeness (QED) is 0.753. The highest BCUT2D eigenvalue weighted by atomic mass is 16.2. The second-order valence-electron chi connectivity index (χ2n) is 5.06. The van der Waals surface area contributed by atoms with Crippen LogP contribution in [0, 0.1) is 5.92 Å². The van der Waals surface area contributed by atoms with Crippen molar-refractivity contribution in [1.29, 1.82) is 0 Å². The number of aliphatic hydroxyl groups excluding tert-OH is 1. The standard InChI is InChI=1S/C16H23NO/c18-11-5-9-14-8-4-10-16(12-14)17-13-15-6-2-1-3-7-15/h1-2,4,8,10,12,15,17-18H,3,5-7,9,11,13H2. The Bertz CT molecular complexity index is 386. The molecule has 1 unspecified atom stereocenters. The van der Waals surface area contributed by atoms with Gasteiger partial charge in [0.2, 0.25) is 0 Å². The molecule has 0 heterocycles. The van der Waals surface area contributed by atoms with Gasteiger partial charge in [-0.15, -0.1) is 0 Å². The van der Waals surface area contributed by atoms with Crippen LogP contribution in [0.4, 0.5) is 5.69 Å². The predicted octanol–water partition coefficient (Wildman–Crippen LogP) is 3.38. The van der Waals surface area contributed by atoms with E-state index in [-0.39, 0.29) is 6.61 Å². The summed E-state index contributed by atoms with van der Waals surface area (Å²) in [4.78, 5) is 0. The van der Waals surface area contributed by atoms with E-state index < -0.39 is 0 Å². The maximum atomic E-state index is 8.85. The minimum absolute atomic E-state index is 0.270. The summed E-state index contributed by atoms with van der Waals surface area (Å²) in [7, 11) is 0. The molecule has 0 spiro atoms. The Morgan fingerprint density at radius 2 is 2.22 bits per heavy atom. The van der Waals surface area contributed by atoms with Crippen LogP contribution in [0.1, 0.15) is 31.2 Å². The van der Waals surface area contributed by atoms with Gasteiger partial charge in [-0.05, 0) is 55.7 Å². The summed E-state index contributed by atoms with van der Waals surface area (Å²) in [5.74, 6) is 0.774. The molecule has 0 aromatic heterocycles. The van der Waals surface area contributed by atoms with E-state index in [4.69, 9.17) is 5.11 Å². The maximum absolute atomic E-state index is 8.85. The van der Waals surface area contributed by atoms with Crippen molar-refractivity contribution in [2.45, 2.75) is 32.1 Å². The molecule has 0 fully saturated rings. The van der Waals surface area contributed by atoms with Crippen LogP contribution in [-0.2, 0) is 6.42 Å². The third-order valence-electron chi connectivity index (χ3n) is 3.52. The van der Waals surface area contributed by atoms with Crippen molar-refractivity contribution in [3.05, 3.63) is 42.0 Å². The van der Waals surface area contributed by atoms with Crippen molar-refractivity contribution < 1.29 is 5.11 Å². The van der Waals surface area contributed by atoms with Gasteiger partial charge in [-0.25, -0.2) is 0 Å². The van der Waals surface area contributed by atoms with Crippen molar-refractivity contribution in [2.75, 3.05) is 18.5 Å². The molecular formula is C16H23NO. The van der Waals surface area contributed by atoms with Crippen molar-refractivity contribution >= 4 is 5.69 Å². The average Bonchev–Trinajstić information content (AvgIpc) is 2.44. The summed E-state index contributed by atoms with van der Waals surface area (Å²) in [5, 5.41) is 12.4. The van der Waals surface area contributed by atoms with E-state index in [0.29, 0.717) is 0 Å². The Morgan fingerprint density at radius 1 is 1.28 bits per heavy atom. The van der Waals surface area contributed by atoms with E-state index in [1.165, 1.54) is 30.5 Å². The summed E-state index contributed by atoms with van der Waals surface area (Å²) in [6, 6.07) is 8.55. The lowest BCUT2D eigenvalue weighted by molar-refractivity contribution is 0.288. The number of hydrogen-bond donors (Lipinski definition) is 2. The minimum Gasteiger partial charge on any atom is -0.396 e. The van der Waals surface area contributed by atoms with Gasteiger partial charge in [-0.2, -0.15) is 0 Å². The van der Waals surface area contributed by atoms with Crippen LogP contribution < -0.4 is 5.32 Å². The van der Waals surface area contributed by atoms with Gasteiger partial charge in [0, 0.05) is 18.8 Å². The molecule has 0 amide bonds. The van der Waals surface area contributed by atoms with Crippen LogP contribution in [0.3, 0.4) is 0 Å². The molecule has 1 atom stereocenters. The first-order chi connectivity index (χ1) is 8.88. The monoisotopic (exact) mass is 245 g/mol. The van der Waals surface area contributed by atoms with Crippen molar-refractivity contribution in [1.82, 2.24) is 0 Å². The van der Waals surface area contributed by atoms with Crippen LogP contribution in [0.15, 0.2) is 36.4 Å². The smallest absolute Gasteiger partial charge is 0.0434 e. The van der Waals surface area contributed by atoms with Gasteiger partial charge in [-0.3, -0.25) is 0 Å².